The highest BCUT2D eigenvalue weighted by Crippen LogP contribution is 2.41. The highest BCUT2D eigenvalue weighted by atomic mass is 14.3. The molecule has 2 aliphatic rings. The Kier molecular flexibility index (Phi) is 3.92. The van der Waals surface area contributed by atoms with Crippen molar-refractivity contribution in [2.24, 2.45) is 5.92 Å². The molecule has 0 nitrogen and oxygen atoms in total. The van der Waals surface area contributed by atoms with Crippen LogP contribution in [0.4, 0.5) is 0 Å². The van der Waals surface area contributed by atoms with Crippen LogP contribution in [0.15, 0.2) is 59.7 Å². The molecular weight excluding hydrogens is 288 g/mol. The Hall–Kier alpha value is -2.08. The van der Waals surface area contributed by atoms with Gasteiger partial charge in [0.1, 0.15) is 0 Å². The van der Waals surface area contributed by atoms with Crippen LogP contribution in [0.1, 0.15) is 55.9 Å². The SMILES string of the molecule is CC1=C(CCC(C)C2=C(C)Cc3ccccc32)c2ccccc2C1. The van der Waals surface area contributed by atoms with Crippen LogP contribution in [-0.2, 0) is 12.8 Å². The molecule has 122 valence electrons. The van der Waals surface area contributed by atoms with Crippen LogP contribution in [0, 0.1) is 5.92 Å². The van der Waals surface area contributed by atoms with Crippen molar-refractivity contribution in [2.45, 2.75) is 46.5 Å². The van der Waals surface area contributed by atoms with Gasteiger partial charge in [-0.05, 0) is 78.8 Å². The lowest BCUT2D eigenvalue weighted by atomic mass is 9.87. The van der Waals surface area contributed by atoms with Gasteiger partial charge >= 0.3 is 0 Å². The maximum atomic E-state index is 2.41. The lowest BCUT2D eigenvalue weighted by Crippen LogP contribution is -2.00. The van der Waals surface area contributed by atoms with Gasteiger partial charge < -0.3 is 0 Å². The van der Waals surface area contributed by atoms with Crippen molar-refractivity contribution in [3.05, 3.63) is 81.9 Å². The van der Waals surface area contributed by atoms with Gasteiger partial charge in [-0.3, -0.25) is 0 Å². The standard InChI is InChI=1S/C24H26/c1-16(24-18(3)15-20-9-5-7-11-23(20)24)12-13-21-17(2)14-19-8-4-6-10-22(19)21/h4-11,16H,12-15H2,1-3H3. The molecule has 0 aromatic heterocycles. The van der Waals surface area contributed by atoms with Gasteiger partial charge in [0, 0.05) is 0 Å². The van der Waals surface area contributed by atoms with Gasteiger partial charge in [0.2, 0.25) is 0 Å². The van der Waals surface area contributed by atoms with Gasteiger partial charge in [0.15, 0.2) is 0 Å². The summed E-state index contributed by atoms with van der Waals surface area (Å²) in [6.07, 6.45) is 4.72. The third kappa shape index (κ3) is 2.55. The molecule has 2 aliphatic carbocycles. The van der Waals surface area contributed by atoms with Crippen molar-refractivity contribution in [2.75, 3.05) is 0 Å². The molecule has 24 heavy (non-hydrogen) atoms. The average Bonchev–Trinajstić information content (AvgIpc) is 3.08. The van der Waals surface area contributed by atoms with E-state index in [1.54, 1.807) is 22.3 Å². The Balaban J connectivity index is 1.53. The number of rotatable bonds is 4. The summed E-state index contributed by atoms with van der Waals surface area (Å²) < 4.78 is 0. The van der Waals surface area contributed by atoms with Gasteiger partial charge in [-0.2, -0.15) is 0 Å². The van der Waals surface area contributed by atoms with E-state index in [1.807, 2.05) is 0 Å². The minimum absolute atomic E-state index is 0.627. The molecule has 1 atom stereocenters. The number of allylic oxidation sites excluding steroid dienone is 4. The van der Waals surface area contributed by atoms with Gasteiger partial charge in [-0.1, -0.05) is 66.6 Å². The number of hydrogen-bond donors (Lipinski definition) is 0. The van der Waals surface area contributed by atoms with Crippen LogP contribution in [0.5, 0.6) is 0 Å². The first-order valence-electron chi connectivity index (χ1n) is 9.20. The fourth-order valence-corrected chi connectivity index (χ4v) is 4.68. The van der Waals surface area contributed by atoms with E-state index in [-0.39, 0.29) is 0 Å². The van der Waals surface area contributed by atoms with Gasteiger partial charge in [-0.25, -0.2) is 0 Å². The Morgan fingerprint density at radius 3 is 2.12 bits per heavy atom. The van der Waals surface area contributed by atoms with Crippen LogP contribution in [-0.4, -0.2) is 0 Å². The fourth-order valence-electron chi connectivity index (χ4n) is 4.68. The van der Waals surface area contributed by atoms with Crippen molar-refractivity contribution in [3.63, 3.8) is 0 Å². The Morgan fingerprint density at radius 1 is 0.792 bits per heavy atom. The molecule has 2 aromatic carbocycles. The van der Waals surface area contributed by atoms with Crippen LogP contribution < -0.4 is 0 Å². The summed E-state index contributed by atoms with van der Waals surface area (Å²) in [7, 11) is 0. The molecule has 0 saturated carbocycles. The van der Waals surface area contributed by atoms with E-state index in [0.29, 0.717) is 5.92 Å². The van der Waals surface area contributed by atoms with E-state index in [9.17, 15) is 0 Å². The van der Waals surface area contributed by atoms with E-state index >= 15 is 0 Å². The third-order valence-electron chi connectivity index (χ3n) is 5.86. The molecule has 0 aliphatic heterocycles. The molecule has 0 bridgehead atoms. The number of hydrogen-bond acceptors (Lipinski definition) is 0. The maximum absolute atomic E-state index is 2.41. The molecule has 0 saturated heterocycles. The van der Waals surface area contributed by atoms with Gasteiger partial charge in [0.25, 0.3) is 0 Å². The van der Waals surface area contributed by atoms with E-state index in [4.69, 9.17) is 0 Å². The summed E-state index contributed by atoms with van der Waals surface area (Å²) in [5.74, 6) is 0.627. The predicted octanol–water partition coefficient (Wildman–Crippen LogP) is 6.46. The summed E-state index contributed by atoms with van der Waals surface area (Å²) in [6, 6.07) is 17.9. The first-order chi connectivity index (χ1) is 11.6. The van der Waals surface area contributed by atoms with Crippen LogP contribution in [0.2, 0.25) is 0 Å². The van der Waals surface area contributed by atoms with E-state index in [0.717, 1.165) is 12.8 Å². The highest BCUT2D eigenvalue weighted by molar-refractivity contribution is 5.78. The van der Waals surface area contributed by atoms with Crippen molar-refractivity contribution in [1.82, 2.24) is 0 Å². The van der Waals surface area contributed by atoms with Crippen molar-refractivity contribution in [1.29, 1.82) is 0 Å². The molecule has 0 radical (unpaired) electrons. The van der Waals surface area contributed by atoms with Crippen LogP contribution in [0.25, 0.3) is 11.1 Å². The number of benzene rings is 2. The third-order valence-corrected chi connectivity index (χ3v) is 5.86. The highest BCUT2D eigenvalue weighted by Gasteiger charge is 2.24. The Bertz CT molecular complexity index is 848. The summed E-state index contributed by atoms with van der Waals surface area (Å²) in [5.41, 5.74) is 12.4. The topological polar surface area (TPSA) is 0 Å². The zero-order valence-electron chi connectivity index (χ0n) is 15.0. The summed E-state index contributed by atoms with van der Waals surface area (Å²) in [6.45, 7) is 7.05. The normalized spacial score (nSPS) is 17.3. The monoisotopic (exact) mass is 314 g/mol. The van der Waals surface area contributed by atoms with Crippen LogP contribution >= 0.6 is 0 Å². The quantitative estimate of drug-likeness (QED) is 0.607. The first-order valence-corrected chi connectivity index (χ1v) is 9.20. The molecule has 0 N–H and O–H groups in total. The largest absolute Gasteiger partial charge is 0.0651 e. The smallest absolute Gasteiger partial charge is 0.00577 e. The Labute approximate surface area is 145 Å². The molecule has 0 fully saturated rings. The summed E-state index contributed by atoms with van der Waals surface area (Å²) >= 11 is 0. The average molecular weight is 314 g/mol. The summed E-state index contributed by atoms with van der Waals surface area (Å²) in [4.78, 5) is 0. The first kappa shape index (κ1) is 15.4. The van der Waals surface area contributed by atoms with Crippen molar-refractivity contribution in [3.8, 4) is 0 Å². The van der Waals surface area contributed by atoms with E-state index in [2.05, 4.69) is 69.3 Å². The molecule has 0 amide bonds. The second kappa shape index (κ2) is 6.09. The van der Waals surface area contributed by atoms with Crippen molar-refractivity contribution < 1.29 is 0 Å². The lowest BCUT2D eigenvalue weighted by Gasteiger charge is -2.17. The lowest BCUT2D eigenvalue weighted by molar-refractivity contribution is 0.678. The second-order valence-electron chi connectivity index (χ2n) is 7.56. The zero-order chi connectivity index (χ0) is 16.7. The maximum Gasteiger partial charge on any atom is -0.00577 e. The summed E-state index contributed by atoms with van der Waals surface area (Å²) in [5, 5.41) is 0. The van der Waals surface area contributed by atoms with E-state index < -0.39 is 0 Å². The van der Waals surface area contributed by atoms with Gasteiger partial charge in [0.05, 0.1) is 0 Å². The molecule has 2 aromatic rings. The molecule has 0 heterocycles. The zero-order valence-corrected chi connectivity index (χ0v) is 15.0. The molecular formula is C24H26. The van der Waals surface area contributed by atoms with Crippen LogP contribution in [0.3, 0.4) is 0 Å². The molecule has 4 rings (SSSR count). The van der Waals surface area contributed by atoms with Gasteiger partial charge in [-0.15, -0.1) is 0 Å². The molecule has 0 heteroatoms. The minimum atomic E-state index is 0.627. The predicted molar refractivity (Wildman–Crippen MR) is 104 cm³/mol. The second-order valence-corrected chi connectivity index (χ2v) is 7.56. The Morgan fingerprint density at radius 2 is 1.38 bits per heavy atom. The molecule has 0 spiro atoms. The van der Waals surface area contributed by atoms with E-state index in [1.165, 1.54) is 35.1 Å². The fraction of sp³-hybridized carbons (Fsp3) is 0.333. The molecule has 1 unspecified atom stereocenters. The minimum Gasteiger partial charge on any atom is -0.0651 e. The van der Waals surface area contributed by atoms with Crippen molar-refractivity contribution >= 4 is 11.1 Å². The number of fused-ring (bicyclic) bond motifs is 2.